The van der Waals surface area contributed by atoms with Crippen LogP contribution in [0.2, 0.25) is 0 Å². The number of nitrogens with one attached hydrogen (secondary N) is 1. The summed E-state index contributed by atoms with van der Waals surface area (Å²) in [6, 6.07) is 16.5. The second-order valence-corrected chi connectivity index (χ2v) is 7.23. The van der Waals surface area contributed by atoms with Crippen molar-refractivity contribution >= 4 is 34.3 Å². The molecule has 0 aliphatic rings. The van der Waals surface area contributed by atoms with Crippen LogP contribution in [-0.4, -0.2) is 23.3 Å². The fourth-order valence-corrected chi connectivity index (χ4v) is 3.02. The molecule has 7 nitrogen and oxygen atoms in total. The Balaban J connectivity index is 1.60. The van der Waals surface area contributed by atoms with Crippen molar-refractivity contribution in [3.63, 3.8) is 0 Å². The van der Waals surface area contributed by atoms with Crippen molar-refractivity contribution in [2.45, 2.75) is 39.0 Å². The SMILES string of the molecule is CC(C)c1nc2cc(NC(=O)CCC(=O)N(CCC#N)c3ccccc3)ccc2o1. The van der Waals surface area contributed by atoms with Gasteiger partial charge in [0.25, 0.3) is 0 Å². The zero-order valence-electron chi connectivity index (χ0n) is 17.1. The Labute approximate surface area is 175 Å². The van der Waals surface area contributed by atoms with Gasteiger partial charge in [-0.1, -0.05) is 32.0 Å². The fraction of sp³-hybridized carbons (Fsp3) is 0.304. The number of fused-ring (bicyclic) bond motifs is 1. The molecule has 3 rings (SSSR count). The second kappa shape index (κ2) is 9.70. The van der Waals surface area contributed by atoms with Gasteiger partial charge in [-0.2, -0.15) is 5.26 Å². The molecule has 0 fully saturated rings. The minimum absolute atomic E-state index is 0.0445. The lowest BCUT2D eigenvalue weighted by atomic mass is 10.2. The van der Waals surface area contributed by atoms with E-state index in [2.05, 4.69) is 16.4 Å². The van der Waals surface area contributed by atoms with Crippen molar-refractivity contribution in [3.05, 3.63) is 54.4 Å². The number of anilines is 2. The molecule has 0 bridgehead atoms. The topological polar surface area (TPSA) is 99.2 Å². The fourth-order valence-electron chi connectivity index (χ4n) is 3.02. The number of hydrogen-bond donors (Lipinski definition) is 1. The molecular formula is C23H24N4O3. The van der Waals surface area contributed by atoms with Crippen molar-refractivity contribution in [2.75, 3.05) is 16.8 Å². The Morgan fingerprint density at radius 3 is 2.63 bits per heavy atom. The van der Waals surface area contributed by atoms with Gasteiger partial charge in [-0.05, 0) is 30.3 Å². The highest BCUT2D eigenvalue weighted by Crippen LogP contribution is 2.24. The molecule has 7 heteroatoms. The first-order chi connectivity index (χ1) is 14.5. The smallest absolute Gasteiger partial charge is 0.227 e. The van der Waals surface area contributed by atoms with E-state index < -0.39 is 0 Å². The first-order valence-corrected chi connectivity index (χ1v) is 9.90. The molecule has 0 saturated heterocycles. The number of para-hydroxylation sites is 1. The summed E-state index contributed by atoms with van der Waals surface area (Å²) in [5.41, 5.74) is 2.67. The van der Waals surface area contributed by atoms with Crippen LogP contribution in [0.5, 0.6) is 0 Å². The molecule has 30 heavy (non-hydrogen) atoms. The van der Waals surface area contributed by atoms with Crippen molar-refractivity contribution in [3.8, 4) is 6.07 Å². The molecule has 0 saturated carbocycles. The van der Waals surface area contributed by atoms with Gasteiger partial charge < -0.3 is 14.6 Å². The average Bonchev–Trinajstić information content (AvgIpc) is 3.17. The monoisotopic (exact) mass is 404 g/mol. The maximum absolute atomic E-state index is 12.7. The van der Waals surface area contributed by atoms with Crippen LogP contribution in [0.1, 0.15) is 44.9 Å². The molecule has 0 aliphatic carbocycles. The summed E-state index contributed by atoms with van der Waals surface area (Å²) >= 11 is 0. The van der Waals surface area contributed by atoms with E-state index in [-0.39, 0.29) is 37.0 Å². The number of oxazole rings is 1. The molecule has 0 spiro atoms. The zero-order valence-corrected chi connectivity index (χ0v) is 17.1. The summed E-state index contributed by atoms with van der Waals surface area (Å²) in [6.07, 6.45) is 0.321. The molecule has 0 unspecified atom stereocenters. The van der Waals surface area contributed by atoms with Gasteiger partial charge in [0.1, 0.15) is 5.52 Å². The molecule has 1 heterocycles. The zero-order chi connectivity index (χ0) is 21.5. The normalized spacial score (nSPS) is 10.7. The highest BCUT2D eigenvalue weighted by molar-refractivity contribution is 5.98. The molecule has 2 aromatic carbocycles. The van der Waals surface area contributed by atoms with E-state index in [9.17, 15) is 9.59 Å². The van der Waals surface area contributed by atoms with Gasteiger partial charge in [0.15, 0.2) is 11.5 Å². The van der Waals surface area contributed by atoms with Crippen LogP contribution in [0.4, 0.5) is 11.4 Å². The van der Waals surface area contributed by atoms with Crippen molar-refractivity contribution < 1.29 is 14.0 Å². The quantitative estimate of drug-likeness (QED) is 0.591. The summed E-state index contributed by atoms with van der Waals surface area (Å²) in [4.78, 5) is 31.0. The molecule has 1 N–H and O–H groups in total. The molecule has 0 radical (unpaired) electrons. The van der Waals surface area contributed by atoms with E-state index >= 15 is 0 Å². The van der Waals surface area contributed by atoms with Crippen LogP contribution in [-0.2, 0) is 9.59 Å². The van der Waals surface area contributed by atoms with E-state index in [0.29, 0.717) is 29.2 Å². The first-order valence-electron chi connectivity index (χ1n) is 9.90. The van der Waals surface area contributed by atoms with Gasteiger partial charge in [0.05, 0.1) is 12.5 Å². The number of benzene rings is 2. The summed E-state index contributed by atoms with van der Waals surface area (Å²) in [5.74, 6) is 0.371. The van der Waals surface area contributed by atoms with Crippen LogP contribution in [0.25, 0.3) is 11.1 Å². The number of carbonyl (C=O) groups is 2. The number of hydrogen-bond acceptors (Lipinski definition) is 5. The van der Waals surface area contributed by atoms with Gasteiger partial charge >= 0.3 is 0 Å². The third-order valence-corrected chi connectivity index (χ3v) is 4.56. The number of aromatic nitrogens is 1. The molecule has 3 aromatic rings. The minimum atomic E-state index is -0.261. The van der Waals surface area contributed by atoms with Gasteiger partial charge in [0, 0.05) is 36.7 Å². The Morgan fingerprint density at radius 1 is 1.17 bits per heavy atom. The van der Waals surface area contributed by atoms with E-state index in [1.165, 1.54) is 0 Å². The lowest BCUT2D eigenvalue weighted by Crippen LogP contribution is -2.32. The molecular weight excluding hydrogens is 380 g/mol. The molecule has 0 aliphatic heterocycles. The maximum atomic E-state index is 12.7. The van der Waals surface area contributed by atoms with Crippen LogP contribution >= 0.6 is 0 Å². The largest absolute Gasteiger partial charge is 0.440 e. The Hall–Kier alpha value is -3.66. The molecule has 0 atom stereocenters. The van der Waals surface area contributed by atoms with Crippen LogP contribution in [0, 0.1) is 11.3 Å². The van der Waals surface area contributed by atoms with Crippen LogP contribution < -0.4 is 10.2 Å². The molecule has 154 valence electrons. The summed E-state index contributed by atoms with van der Waals surface area (Å²) < 4.78 is 5.67. The van der Waals surface area contributed by atoms with Gasteiger partial charge in [-0.3, -0.25) is 9.59 Å². The number of amides is 2. The van der Waals surface area contributed by atoms with Crippen molar-refractivity contribution in [2.24, 2.45) is 0 Å². The highest BCUT2D eigenvalue weighted by atomic mass is 16.3. The number of carbonyl (C=O) groups excluding carboxylic acids is 2. The minimum Gasteiger partial charge on any atom is -0.440 e. The average molecular weight is 404 g/mol. The van der Waals surface area contributed by atoms with E-state index in [0.717, 1.165) is 5.69 Å². The Kier molecular flexibility index (Phi) is 6.81. The maximum Gasteiger partial charge on any atom is 0.227 e. The second-order valence-electron chi connectivity index (χ2n) is 7.23. The Morgan fingerprint density at radius 2 is 1.93 bits per heavy atom. The standard InChI is InChI=1S/C23H24N4O3/c1-16(2)23-26-19-15-17(9-10-20(19)30-23)25-21(28)11-12-22(29)27(14-6-13-24)18-7-4-3-5-8-18/h3-5,7-10,15-16H,6,11-12,14H2,1-2H3,(H,25,28). The van der Waals surface area contributed by atoms with Gasteiger partial charge in [0.2, 0.25) is 11.8 Å². The van der Waals surface area contributed by atoms with Crippen LogP contribution in [0.15, 0.2) is 52.9 Å². The van der Waals surface area contributed by atoms with Gasteiger partial charge in [-0.15, -0.1) is 0 Å². The van der Waals surface area contributed by atoms with Crippen LogP contribution in [0.3, 0.4) is 0 Å². The summed E-state index contributed by atoms with van der Waals surface area (Å²) in [5, 5.41) is 11.7. The summed E-state index contributed by atoms with van der Waals surface area (Å²) in [6.45, 7) is 4.29. The number of rotatable bonds is 8. The van der Waals surface area contributed by atoms with E-state index in [1.54, 1.807) is 23.1 Å². The number of nitrogens with zero attached hydrogens (tertiary/aromatic N) is 3. The third kappa shape index (κ3) is 5.23. The van der Waals surface area contributed by atoms with E-state index in [4.69, 9.17) is 9.68 Å². The predicted molar refractivity (Wildman–Crippen MR) is 115 cm³/mol. The predicted octanol–water partition coefficient (Wildman–Crippen LogP) is 4.62. The first kappa shape index (κ1) is 21.1. The van der Waals surface area contributed by atoms with Crippen molar-refractivity contribution in [1.82, 2.24) is 4.98 Å². The lowest BCUT2D eigenvalue weighted by molar-refractivity contribution is -0.122. The van der Waals surface area contributed by atoms with Gasteiger partial charge in [-0.25, -0.2) is 4.98 Å². The summed E-state index contributed by atoms with van der Waals surface area (Å²) in [7, 11) is 0. The highest BCUT2D eigenvalue weighted by Gasteiger charge is 2.17. The van der Waals surface area contributed by atoms with Crippen molar-refractivity contribution in [1.29, 1.82) is 5.26 Å². The lowest BCUT2D eigenvalue weighted by Gasteiger charge is -2.21. The Bertz CT molecular complexity index is 1070. The van der Waals surface area contributed by atoms with E-state index in [1.807, 2.05) is 44.2 Å². The molecule has 1 aromatic heterocycles. The third-order valence-electron chi connectivity index (χ3n) is 4.56. The number of nitriles is 1. The molecule has 2 amide bonds.